The number of rotatable bonds is 27. The number of hydrogen-bond acceptors (Lipinski definition) is 6. The van der Waals surface area contributed by atoms with Gasteiger partial charge in [-0.15, -0.1) is 5.92 Å². The highest BCUT2D eigenvalue weighted by Crippen LogP contribution is 2.40. The molecule has 0 amide bonds. The van der Waals surface area contributed by atoms with Crippen molar-refractivity contribution >= 4 is 29.5 Å². The normalized spacial score (nSPS) is 12.3. The van der Waals surface area contributed by atoms with Gasteiger partial charge in [-0.2, -0.15) is 0 Å². The summed E-state index contributed by atoms with van der Waals surface area (Å²) in [5.41, 5.74) is 2.11. The monoisotopic (exact) mass is 614 g/mol. The summed E-state index contributed by atoms with van der Waals surface area (Å²) >= 11 is 0. The van der Waals surface area contributed by atoms with Crippen LogP contribution in [-0.4, -0.2) is 55.9 Å². The quantitative estimate of drug-likeness (QED) is 0.0240. The summed E-state index contributed by atoms with van der Waals surface area (Å²) in [5, 5.41) is 7.03. The van der Waals surface area contributed by atoms with Crippen molar-refractivity contribution in [3.05, 3.63) is 24.4 Å². The van der Waals surface area contributed by atoms with Gasteiger partial charge in [-0.3, -0.25) is 0 Å². The molecule has 0 radical (unpaired) electrons. The molecule has 0 bridgehead atoms. The maximum Gasteiger partial charge on any atom is 0.111 e. The van der Waals surface area contributed by atoms with E-state index in [0.29, 0.717) is 12.0 Å². The van der Waals surface area contributed by atoms with Crippen molar-refractivity contribution in [2.75, 3.05) is 45.1 Å². The molecule has 0 aromatic rings. The average Bonchev–Trinajstić information content (AvgIpc) is 2.88. The summed E-state index contributed by atoms with van der Waals surface area (Å²) in [7, 11) is 3.40. The lowest BCUT2D eigenvalue weighted by molar-refractivity contribution is 0.162. The minimum Gasteiger partial charge on any atom is -0.494 e. The van der Waals surface area contributed by atoms with Gasteiger partial charge in [0.1, 0.15) is 11.4 Å². The molecular formula is C33H63N2O2PS2. The third-order valence-electron chi connectivity index (χ3n) is 6.29. The van der Waals surface area contributed by atoms with Crippen molar-refractivity contribution in [3.63, 3.8) is 0 Å². The molecule has 0 fully saturated rings. The Hall–Kier alpha value is -0.310. The molecule has 0 aromatic heterocycles. The number of allylic oxidation sites excluding steroid dienone is 1. The van der Waals surface area contributed by atoms with Gasteiger partial charge in [0, 0.05) is 41.7 Å². The third kappa shape index (κ3) is 27.8. The fraction of sp³-hybridized carbons (Fsp3) is 0.818. The van der Waals surface area contributed by atoms with Crippen molar-refractivity contribution < 1.29 is 9.47 Å². The van der Waals surface area contributed by atoms with Crippen LogP contribution < -0.4 is 10.6 Å². The molecule has 7 heteroatoms. The van der Waals surface area contributed by atoms with E-state index < -0.39 is 0 Å². The van der Waals surface area contributed by atoms with Crippen LogP contribution in [0.2, 0.25) is 0 Å². The first-order valence-electron chi connectivity index (χ1n) is 15.6. The minimum atomic E-state index is -0.371. The highest BCUT2D eigenvalue weighted by molar-refractivity contribution is 8.77. The molecule has 1 unspecified atom stereocenters. The molecule has 0 saturated heterocycles. The lowest BCUT2D eigenvalue weighted by atomic mass is 10.0. The summed E-state index contributed by atoms with van der Waals surface area (Å²) in [6.07, 6.45) is 14.2. The summed E-state index contributed by atoms with van der Waals surface area (Å²) in [5.74, 6) is 7.63. The van der Waals surface area contributed by atoms with Gasteiger partial charge in [-0.1, -0.05) is 94.0 Å². The van der Waals surface area contributed by atoms with Crippen molar-refractivity contribution in [1.29, 1.82) is 0 Å². The first-order chi connectivity index (χ1) is 19.0. The zero-order chi connectivity index (χ0) is 30.1. The van der Waals surface area contributed by atoms with Crippen molar-refractivity contribution in [2.45, 2.75) is 123 Å². The summed E-state index contributed by atoms with van der Waals surface area (Å²) in [6.45, 7) is 27.6. The van der Waals surface area contributed by atoms with Crippen molar-refractivity contribution in [1.82, 2.24) is 10.6 Å². The molecule has 234 valence electrons. The third-order valence-corrected chi connectivity index (χ3v) is 10.9. The van der Waals surface area contributed by atoms with Gasteiger partial charge in [0.2, 0.25) is 0 Å². The van der Waals surface area contributed by atoms with Gasteiger partial charge in [0.15, 0.2) is 0 Å². The van der Waals surface area contributed by atoms with Crippen LogP contribution in [0.15, 0.2) is 24.4 Å². The van der Waals surface area contributed by atoms with Crippen LogP contribution in [-0.2, 0) is 9.47 Å². The molecule has 4 nitrogen and oxygen atoms in total. The van der Waals surface area contributed by atoms with Crippen LogP contribution >= 0.6 is 29.5 Å². The molecule has 0 aliphatic carbocycles. The number of unbranched alkanes of at least 4 members (excludes halogenated alkanes) is 6. The van der Waals surface area contributed by atoms with Crippen molar-refractivity contribution in [2.24, 2.45) is 5.92 Å². The topological polar surface area (TPSA) is 42.5 Å². The fourth-order valence-corrected chi connectivity index (χ4v) is 6.96. The second-order valence-electron chi connectivity index (χ2n) is 11.9. The zero-order valence-electron chi connectivity index (χ0n) is 27.2. The Morgan fingerprint density at radius 3 is 2.23 bits per heavy atom. The van der Waals surface area contributed by atoms with Crippen LogP contribution in [0.1, 0.15) is 112 Å². The molecule has 0 aromatic carbocycles. The molecule has 0 saturated carbocycles. The first kappa shape index (κ1) is 39.7. The highest BCUT2D eigenvalue weighted by atomic mass is 33.1. The molecule has 0 spiro atoms. The van der Waals surface area contributed by atoms with E-state index in [4.69, 9.17) is 9.47 Å². The SMILES string of the molecule is C=C(CCCC(C)(C)SSCOCCCCOC(=C)P(C)CC#CC(C)C)NCCCCCCCCNC(C)C. The van der Waals surface area contributed by atoms with Gasteiger partial charge in [-0.25, -0.2) is 0 Å². The second-order valence-corrected chi connectivity index (χ2v) is 17.0. The smallest absolute Gasteiger partial charge is 0.111 e. The Bertz CT molecular complexity index is 704. The standard InChI is InChI=1S/C33H63N2O2PS2/c1-29(2)20-19-27-38(9)32(6)37-26-17-16-25-36-28-39-40-33(7,8)22-18-21-31(5)35-24-15-13-11-10-12-14-23-34-30(3)4/h29-30,34-35H,5-6,10-18,21-28H2,1-4,7-9H3. The van der Waals surface area contributed by atoms with Crippen molar-refractivity contribution in [3.8, 4) is 11.8 Å². The maximum atomic E-state index is 5.83. The Labute approximate surface area is 259 Å². The largest absolute Gasteiger partial charge is 0.494 e. The number of hydrogen-bond donors (Lipinski definition) is 2. The molecular weight excluding hydrogens is 551 g/mol. The minimum absolute atomic E-state index is 0.241. The number of nitrogens with one attached hydrogen (secondary N) is 2. The number of ether oxygens (including phenoxy) is 2. The molecule has 0 aliphatic rings. The van der Waals surface area contributed by atoms with E-state index in [2.05, 4.69) is 83.8 Å². The molecule has 1 atom stereocenters. The van der Waals surface area contributed by atoms with Crippen LogP contribution in [0.25, 0.3) is 0 Å². The van der Waals surface area contributed by atoms with Crippen LogP contribution in [0.4, 0.5) is 0 Å². The lowest BCUT2D eigenvalue weighted by Gasteiger charge is -2.23. The Morgan fingerprint density at radius 2 is 1.55 bits per heavy atom. The van der Waals surface area contributed by atoms with E-state index in [9.17, 15) is 0 Å². The summed E-state index contributed by atoms with van der Waals surface area (Å²) in [4.78, 5) is 0. The van der Waals surface area contributed by atoms with E-state index in [1.54, 1.807) is 0 Å². The molecule has 0 aliphatic heterocycles. The zero-order valence-corrected chi connectivity index (χ0v) is 29.7. The molecule has 40 heavy (non-hydrogen) atoms. The Morgan fingerprint density at radius 1 is 0.900 bits per heavy atom. The summed E-state index contributed by atoms with van der Waals surface area (Å²) < 4.78 is 11.9. The molecule has 0 rings (SSSR count). The Kier molecular flexibility index (Phi) is 26.1. The van der Waals surface area contributed by atoms with Gasteiger partial charge in [-0.05, 0) is 79.9 Å². The van der Waals surface area contributed by atoms with Crippen LogP contribution in [0.5, 0.6) is 0 Å². The lowest BCUT2D eigenvalue weighted by Crippen LogP contribution is -2.23. The van der Waals surface area contributed by atoms with Gasteiger partial charge in [0.05, 0.1) is 6.61 Å². The van der Waals surface area contributed by atoms with Gasteiger partial charge < -0.3 is 20.1 Å². The average molecular weight is 615 g/mol. The summed E-state index contributed by atoms with van der Waals surface area (Å²) in [6, 6.07) is 0.608. The van der Waals surface area contributed by atoms with Gasteiger partial charge in [0.25, 0.3) is 0 Å². The van der Waals surface area contributed by atoms with E-state index >= 15 is 0 Å². The van der Waals surface area contributed by atoms with Crippen LogP contribution in [0.3, 0.4) is 0 Å². The first-order valence-corrected chi connectivity index (χ1v) is 19.9. The predicted molar refractivity (Wildman–Crippen MR) is 187 cm³/mol. The fourth-order valence-electron chi connectivity index (χ4n) is 3.81. The second kappa shape index (κ2) is 26.3. The molecule has 2 N–H and O–H groups in total. The predicted octanol–water partition coefficient (Wildman–Crippen LogP) is 9.77. The Balaban J connectivity index is 3.60. The van der Waals surface area contributed by atoms with E-state index in [1.807, 2.05) is 21.6 Å². The highest BCUT2D eigenvalue weighted by Gasteiger charge is 2.18. The molecule has 0 heterocycles. The van der Waals surface area contributed by atoms with E-state index in [-0.39, 0.29) is 12.7 Å². The van der Waals surface area contributed by atoms with Crippen LogP contribution in [0, 0.1) is 17.8 Å². The van der Waals surface area contributed by atoms with E-state index in [0.717, 1.165) is 63.2 Å². The van der Waals surface area contributed by atoms with E-state index in [1.165, 1.54) is 57.1 Å². The van der Waals surface area contributed by atoms with Gasteiger partial charge >= 0.3 is 0 Å². The maximum absolute atomic E-state index is 5.83.